The molecule has 2 rings (SSSR count). The molecular weight excluding hydrogens is 481 g/mol. The Morgan fingerprint density at radius 3 is 2.40 bits per heavy atom. The van der Waals surface area contributed by atoms with Crippen LogP contribution in [0.3, 0.4) is 0 Å². The molecule has 0 bridgehead atoms. The van der Waals surface area contributed by atoms with Gasteiger partial charge in [0.2, 0.25) is 5.91 Å². The summed E-state index contributed by atoms with van der Waals surface area (Å²) >= 11 is 13.9. The normalized spacial score (nSPS) is 10.4. The van der Waals surface area contributed by atoms with Crippen LogP contribution in [0.15, 0.2) is 36.4 Å². The van der Waals surface area contributed by atoms with Crippen molar-refractivity contribution in [2.75, 3.05) is 18.4 Å². The van der Waals surface area contributed by atoms with Crippen LogP contribution in [0, 0.1) is 9.39 Å². The number of anilines is 1. The molecule has 2 aromatic carbocycles. The van der Waals surface area contributed by atoms with Gasteiger partial charge in [-0.05, 0) is 59.8 Å². The molecule has 1 N–H and O–H groups in total. The fourth-order valence-electron chi connectivity index (χ4n) is 2.13. The van der Waals surface area contributed by atoms with Gasteiger partial charge >= 0.3 is 0 Å². The lowest BCUT2D eigenvalue weighted by Crippen LogP contribution is -2.38. The number of amides is 2. The SMILES string of the molecule is CCN(CC(=O)Nc1c(Cl)cccc1Cl)C(=O)c1ccc(F)cc1I. The third kappa shape index (κ3) is 5.05. The molecule has 0 fully saturated rings. The van der Waals surface area contributed by atoms with Crippen molar-refractivity contribution in [1.29, 1.82) is 0 Å². The van der Waals surface area contributed by atoms with Crippen molar-refractivity contribution in [3.8, 4) is 0 Å². The maximum atomic E-state index is 13.2. The van der Waals surface area contributed by atoms with Gasteiger partial charge in [0.1, 0.15) is 12.4 Å². The first kappa shape index (κ1) is 19.9. The van der Waals surface area contributed by atoms with Crippen LogP contribution in [0.4, 0.5) is 10.1 Å². The molecule has 0 aliphatic carbocycles. The van der Waals surface area contributed by atoms with Gasteiger partial charge in [-0.15, -0.1) is 0 Å². The summed E-state index contributed by atoms with van der Waals surface area (Å²) in [6.45, 7) is 1.89. The van der Waals surface area contributed by atoms with E-state index in [2.05, 4.69) is 5.32 Å². The fraction of sp³-hybridized carbons (Fsp3) is 0.176. The molecule has 0 unspecified atom stereocenters. The number of nitrogens with one attached hydrogen (secondary N) is 1. The van der Waals surface area contributed by atoms with Crippen LogP contribution in [0.2, 0.25) is 10.0 Å². The minimum Gasteiger partial charge on any atom is -0.330 e. The minimum atomic E-state index is -0.428. The van der Waals surface area contributed by atoms with Crippen molar-refractivity contribution in [3.63, 3.8) is 0 Å². The number of halogens is 4. The third-order valence-electron chi connectivity index (χ3n) is 3.39. The largest absolute Gasteiger partial charge is 0.330 e. The lowest BCUT2D eigenvalue weighted by molar-refractivity contribution is -0.116. The Hall–Kier alpha value is -1.38. The van der Waals surface area contributed by atoms with E-state index in [9.17, 15) is 14.0 Å². The summed E-state index contributed by atoms with van der Waals surface area (Å²) < 4.78 is 13.7. The number of hydrogen-bond donors (Lipinski definition) is 1. The maximum Gasteiger partial charge on any atom is 0.255 e. The Morgan fingerprint density at radius 1 is 1.20 bits per heavy atom. The molecule has 25 heavy (non-hydrogen) atoms. The van der Waals surface area contributed by atoms with Crippen LogP contribution in [-0.4, -0.2) is 29.8 Å². The van der Waals surface area contributed by atoms with E-state index in [4.69, 9.17) is 23.2 Å². The van der Waals surface area contributed by atoms with E-state index in [1.54, 1.807) is 25.1 Å². The monoisotopic (exact) mass is 494 g/mol. The van der Waals surface area contributed by atoms with E-state index in [0.717, 1.165) is 0 Å². The highest BCUT2D eigenvalue weighted by Gasteiger charge is 2.20. The molecule has 0 saturated carbocycles. The Bertz CT molecular complexity index is 797. The van der Waals surface area contributed by atoms with Crippen molar-refractivity contribution in [2.45, 2.75) is 6.92 Å². The zero-order valence-corrected chi connectivity index (χ0v) is 16.8. The second kappa shape index (κ2) is 8.82. The Balaban J connectivity index is 2.13. The highest BCUT2D eigenvalue weighted by Crippen LogP contribution is 2.29. The van der Waals surface area contributed by atoms with Crippen LogP contribution >= 0.6 is 45.8 Å². The Labute approximate surface area is 168 Å². The predicted octanol–water partition coefficient (Wildman–Crippen LogP) is 4.84. The zero-order chi connectivity index (χ0) is 18.6. The summed E-state index contributed by atoms with van der Waals surface area (Å²) in [5.74, 6) is -1.20. The van der Waals surface area contributed by atoms with Gasteiger partial charge in [-0.2, -0.15) is 0 Å². The number of likely N-dealkylation sites (N-methyl/N-ethyl adjacent to an activating group) is 1. The number of para-hydroxylation sites is 1. The summed E-state index contributed by atoms with van der Waals surface area (Å²) in [6, 6.07) is 8.76. The van der Waals surface area contributed by atoms with Crippen molar-refractivity contribution >= 4 is 63.3 Å². The molecule has 0 spiro atoms. The third-order valence-corrected chi connectivity index (χ3v) is 4.91. The molecule has 4 nitrogen and oxygen atoms in total. The summed E-state index contributed by atoms with van der Waals surface area (Å²) in [4.78, 5) is 26.2. The van der Waals surface area contributed by atoms with Crippen LogP contribution in [0.25, 0.3) is 0 Å². The maximum absolute atomic E-state index is 13.2. The second-order valence-electron chi connectivity index (χ2n) is 5.09. The summed E-state index contributed by atoms with van der Waals surface area (Å²) in [5, 5.41) is 3.23. The van der Waals surface area contributed by atoms with Gasteiger partial charge < -0.3 is 10.2 Å². The molecule has 0 aromatic heterocycles. The van der Waals surface area contributed by atoms with Gasteiger partial charge in [-0.25, -0.2) is 4.39 Å². The molecule has 2 amide bonds. The van der Waals surface area contributed by atoms with E-state index in [1.807, 2.05) is 22.6 Å². The quantitative estimate of drug-likeness (QED) is 0.605. The standard InChI is InChI=1S/C17H14Cl2FIN2O2/c1-2-23(17(25)11-7-6-10(20)8-14(11)21)9-15(24)22-16-12(18)4-3-5-13(16)19/h3-8H,2,9H2,1H3,(H,22,24). The smallest absolute Gasteiger partial charge is 0.255 e. The van der Waals surface area contributed by atoms with Crippen molar-refractivity contribution in [2.24, 2.45) is 0 Å². The van der Waals surface area contributed by atoms with E-state index in [-0.39, 0.29) is 12.5 Å². The molecule has 0 aliphatic heterocycles. The lowest BCUT2D eigenvalue weighted by Gasteiger charge is -2.21. The molecule has 2 aromatic rings. The summed E-state index contributed by atoms with van der Waals surface area (Å²) in [6.07, 6.45) is 0. The molecular formula is C17H14Cl2FIN2O2. The molecule has 132 valence electrons. The summed E-state index contributed by atoms with van der Waals surface area (Å²) in [7, 11) is 0. The molecule has 8 heteroatoms. The van der Waals surface area contributed by atoms with Crippen LogP contribution in [0.1, 0.15) is 17.3 Å². The van der Waals surface area contributed by atoms with E-state index in [1.165, 1.54) is 23.1 Å². The number of hydrogen-bond acceptors (Lipinski definition) is 2. The molecule has 0 atom stereocenters. The van der Waals surface area contributed by atoms with E-state index in [0.29, 0.717) is 31.4 Å². The Morgan fingerprint density at radius 2 is 1.84 bits per heavy atom. The first-order chi connectivity index (χ1) is 11.8. The van der Waals surface area contributed by atoms with Crippen molar-refractivity contribution < 1.29 is 14.0 Å². The lowest BCUT2D eigenvalue weighted by atomic mass is 10.2. The van der Waals surface area contributed by atoms with Gasteiger partial charge in [0.05, 0.1) is 21.3 Å². The van der Waals surface area contributed by atoms with Crippen LogP contribution in [-0.2, 0) is 4.79 Å². The van der Waals surface area contributed by atoms with E-state index >= 15 is 0 Å². The predicted molar refractivity (Wildman–Crippen MR) is 106 cm³/mol. The van der Waals surface area contributed by atoms with Crippen molar-refractivity contribution in [3.05, 3.63) is 61.4 Å². The number of rotatable bonds is 5. The highest BCUT2D eigenvalue weighted by molar-refractivity contribution is 14.1. The number of carbonyl (C=O) groups excluding carboxylic acids is 2. The topological polar surface area (TPSA) is 49.4 Å². The molecule has 0 radical (unpaired) electrons. The number of carbonyl (C=O) groups is 2. The first-order valence-electron chi connectivity index (χ1n) is 7.31. The van der Waals surface area contributed by atoms with Gasteiger partial charge in [0, 0.05) is 10.1 Å². The second-order valence-corrected chi connectivity index (χ2v) is 7.06. The van der Waals surface area contributed by atoms with Gasteiger partial charge in [-0.1, -0.05) is 29.3 Å². The number of nitrogens with zero attached hydrogens (tertiary/aromatic N) is 1. The Kier molecular flexibility index (Phi) is 7.04. The molecule has 0 aliphatic rings. The van der Waals surface area contributed by atoms with Gasteiger partial charge in [-0.3, -0.25) is 9.59 Å². The minimum absolute atomic E-state index is 0.176. The van der Waals surface area contributed by atoms with Crippen LogP contribution in [0.5, 0.6) is 0 Å². The number of benzene rings is 2. The van der Waals surface area contributed by atoms with E-state index < -0.39 is 11.7 Å². The van der Waals surface area contributed by atoms with Crippen LogP contribution < -0.4 is 5.32 Å². The first-order valence-corrected chi connectivity index (χ1v) is 9.15. The fourth-order valence-corrected chi connectivity index (χ4v) is 3.33. The average Bonchev–Trinajstić information content (AvgIpc) is 2.55. The summed E-state index contributed by atoms with van der Waals surface area (Å²) in [5.41, 5.74) is 0.642. The highest BCUT2D eigenvalue weighted by atomic mass is 127. The zero-order valence-electron chi connectivity index (χ0n) is 13.2. The average molecular weight is 495 g/mol. The molecule has 0 saturated heterocycles. The van der Waals surface area contributed by atoms with Crippen molar-refractivity contribution in [1.82, 2.24) is 4.90 Å². The molecule has 0 heterocycles. The van der Waals surface area contributed by atoms with Gasteiger partial charge in [0.15, 0.2) is 0 Å². The van der Waals surface area contributed by atoms with Gasteiger partial charge in [0.25, 0.3) is 5.91 Å².